The summed E-state index contributed by atoms with van der Waals surface area (Å²) >= 11 is 0. The smallest absolute Gasteiger partial charge is 0.352 e. The Morgan fingerprint density at radius 1 is 1.45 bits per heavy atom. The van der Waals surface area contributed by atoms with Crippen LogP contribution in [0.15, 0.2) is 17.2 Å². The normalized spacial score (nSPS) is 13.9. The van der Waals surface area contributed by atoms with Gasteiger partial charge in [0.05, 0.1) is 0 Å². The maximum Gasteiger partial charge on any atom is 0.352 e. The van der Waals surface area contributed by atoms with Crippen LogP contribution in [0.5, 0.6) is 0 Å². The van der Waals surface area contributed by atoms with Crippen molar-refractivity contribution >= 4 is 16.0 Å². The van der Waals surface area contributed by atoms with E-state index in [1.54, 1.807) is 6.92 Å². The van der Waals surface area contributed by atoms with Crippen LogP contribution in [-0.2, 0) is 10.0 Å². The summed E-state index contributed by atoms with van der Waals surface area (Å²) in [6.07, 6.45) is 1.21. The number of aromatic carboxylic acids is 1. The van der Waals surface area contributed by atoms with Crippen LogP contribution in [0.25, 0.3) is 0 Å². The first-order valence-corrected chi connectivity index (χ1v) is 7.72. The van der Waals surface area contributed by atoms with Gasteiger partial charge in [-0.15, -0.1) is 0 Å². The zero-order chi connectivity index (χ0) is 15.5. The van der Waals surface area contributed by atoms with Gasteiger partial charge in [0.2, 0.25) is 10.0 Å². The number of nitrogens with zero attached hydrogens (tertiary/aromatic N) is 2. The average molecular weight is 303 g/mol. The number of hydrogen-bond acceptors (Lipinski definition) is 4. The van der Waals surface area contributed by atoms with Gasteiger partial charge in [0.1, 0.15) is 10.6 Å². The fourth-order valence-electron chi connectivity index (χ4n) is 2.12. The van der Waals surface area contributed by atoms with Crippen LogP contribution in [0.3, 0.4) is 0 Å². The van der Waals surface area contributed by atoms with Gasteiger partial charge >= 0.3 is 5.97 Å². The van der Waals surface area contributed by atoms with Gasteiger partial charge in [0.25, 0.3) is 0 Å². The molecule has 1 unspecified atom stereocenters. The molecule has 1 atom stereocenters. The number of aromatic amines is 1. The van der Waals surface area contributed by atoms with Crippen LogP contribution in [-0.4, -0.2) is 66.9 Å². The SMILES string of the molecule is CCN(C(C)CN(C)C)S(=O)(=O)c1c[nH]c(C(=O)O)c1. The van der Waals surface area contributed by atoms with Crippen molar-refractivity contribution in [2.75, 3.05) is 27.2 Å². The Labute approximate surface area is 119 Å². The molecule has 0 spiro atoms. The van der Waals surface area contributed by atoms with Gasteiger partial charge in [-0.25, -0.2) is 13.2 Å². The van der Waals surface area contributed by atoms with Gasteiger partial charge in [0, 0.05) is 25.3 Å². The van der Waals surface area contributed by atoms with Gasteiger partial charge in [0.15, 0.2) is 0 Å². The molecule has 2 N–H and O–H groups in total. The Bertz CT molecular complexity index is 565. The molecule has 0 aliphatic heterocycles. The van der Waals surface area contributed by atoms with E-state index in [0.717, 1.165) is 6.07 Å². The van der Waals surface area contributed by atoms with Crippen molar-refractivity contribution in [1.29, 1.82) is 0 Å². The van der Waals surface area contributed by atoms with E-state index in [4.69, 9.17) is 5.11 Å². The van der Waals surface area contributed by atoms with Crippen LogP contribution in [0.4, 0.5) is 0 Å². The molecule has 1 aromatic rings. The first kappa shape index (κ1) is 16.7. The largest absolute Gasteiger partial charge is 0.477 e. The summed E-state index contributed by atoms with van der Waals surface area (Å²) in [6, 6.07) is 0.936. The summed E-state index contributed by atoms with van der Waals surface area (Å²) in [5.74, 6) is -1.18. The first-order chi connectivity index (χ1) is 9.20. The fraction of sp³-hybridized carbons (Fsp3) is 0.583. The molecule has 0 saturated carbocycles. The van der Waals surface area contributed by atoms with Crippen molar-refractivity contribution in [3.8, 4) is 0 Å². The zero-order valence-corrected chi connectivity index (χ0v) is 12.9. The Hall–Kier alpha value is -1.38. The number of sulfonamides is 1. The van der Waals surface area contributed by atoms with Gasteiger partial charge in [-0.2, -0.15) is 4.31 Å². The highest BCUT2D eigenvalue weighted by Crippen LogP contribution is 2.19. The van der Waals surface area contributed by atoms with Crippen LogP contribution in [0, 0.1) is 0 Å². The lowest BCUT2D eigenvalue weighted by molar-refractivity contribution is 0.0691. The minimum Gasteiger partial charge on any atom is -0.477 e. The van der Waals surface area contributed by atoms with Crippen LogP contribution >= 0.6 is 0 Å². The second-order valence-corrected chi connectivity index (χ2v) is 6.76. The van der Waals surface area contributed by atoms with Crippen molar-refractivity contribution in [1.82, 2.24) is 14.2 Å². The van der Waals surface area contributed by atoms with Crippen LogP contribution in [0.2, 0.25) is 0 Å². The second kappa shape index (κ2) is 6.38. The second-order valence-electron chi connectivity index (χ2n) is 4.87. The molecule has 1 rings (SSSR count). The summed E-state index contributed by atoms with van der Waals surface area (Å²) in [5.41, 5.74) is -0.139. The zero-order valence-electron chi connectivity index (χ0n) is 12.1. The lowest BCUT2D eigenvalue weighted by Crippen LogP contribution is -2.43. The number of aromatic nitrogens is 1. The Morgan fingerprint density at radius 3 is 2.45 bits per heavy atom. The van der Waals surface area contributed by atoms with Gasteiger partial charge in [-0.3, -0.25) is 0 Å². The van der Waals surface area contributed by atoms with Crippen molar-refractivity contribution in [2.24, 2.45) is 0 Å². The molecular formula is C12H21N3O4S. The number of H-pyrrole nitrogens is 1. The molecule has 1 heterocycles. The molecule has 20 heavy (non-hydrogen) atoms. The number of carboxylic acid groups (broad SMARTS) is 1. The van der Waals surface area contributed by atoms with E-state index in [-0.39, 0.29) is 16.6 Å². The van der Waals surface area contributed by atoms with Crippen LogP contribution in [0.1, 0.15) is 24.3 Å². The number of nitrogens with one attached hydrogen (secondary N) is 1. The quantitative estimate of drug-likeness (QED) is 0.772. The van der Waals surface area contributed by atoms with Crippen molar-refractivity contribution < 1.29 is 18.3 Å². The van der Waals surface area contributed by atoms with E-state index in [0.29, 0.717) is 13.1 Å². The number of carboxylic acids is 1. The highest BCUT2D eigenvalue weighted by molar-refractivity contribution is 7.89. The topological polar surface area (TPSA) is 93.7 Å². The van der Waals surface area contributed by atoms with E-state index >= 15 is 0 Å². The van der Waals surface area contributed by atoms with E-state index in [1.807, 2.05) is 25.9 Å². The Balaban J connectivity index is 3.08. The summed E-state index contributed by atoms with van der Waals surface area (Å²) < 4.78 is 26.4. The number of likely N-dealkylation sites (N-methyl/N-ethyl adjacent to an activating group) is 2. The summed E-state index contributed by atoms with van der Waals surface area (Å²) in [7, 11) is 0.0450. The number of rotatable bonds is 7. The lowest BCUT2D eigenvalue weighted by atomic mass is 10.3. The monoisotopic (exact) mass is 303 g/mol. The van der Waals surface area contributed by atoms with Gasteiger partial charge in [-0.05, 0) is 27.1 Å². The van der Waals surface area contributed by atoms with Crippen molar-refractivity contribution in [3.63, 3.8) is 0 Å². The van der Waals surface area contributed by atoms with E-state index in [2.05, 4.69) is 4.98 Å². The van der Waals surface area contributed by atoms with Crippen molar-refractivity contribution in [3.05, 3.63) is 18.0 Å². The minimum atomic E-state index is -3.70. The molecule has 1 aromatic heterocycles. The molecule has 8 heteroatoms. The van der Waals surface area contributed by atoms with Gasteiger partial charge in [-0.1, -0.05) is 6.92 Å². The molecule has 0 aliphatic carbocycles. The van der Waals surface area contributed by atoms with E-state index in [1.165, 1.54) is 10.5 Å². The summed E-state index contributed by atoms with van der Waals surface area (Å²) in [6.45, 7) is 4.49. The highest BCUT2D eigenvalue weighted by atomic mass is 32.2. The molecule has 0 radical (unpaired) electrons. The molecule has 0 amide bonds. The summed E-state index contributed by atoms with van der Waals surface area (Å²) in [4.78, 5) is 15.1. The maximum absolute atomic E-state index is 12.5. The Morgan fingerprint density at radius 2 is 2.05 bits per heavy atom. The third-order valence-electron chi connectivity index (χ3n) is 2.93. The molecule has 0 saturated heterocycles. The molecule has 0 fully saturated rings. The predicted molar refractivity (Wildman–Crippen MR) is 75.3 cm³/mol. The number of carbonyl (C=O) groups is 1. The summed E-state index contributed by atoms with van der Waals surface area (Å²) in [5, 5.41) is 8.84. The third-order valence-corrected chi connectivity index (χ3v) is 4.99. The molecule has 114 valence electrons. The first-order valence-electron chi connectivity index (χ1n) is 6.28. The average Bonchev–Trinajstić information content (AvgIpc) is 2.77. The molecule has 0 aromatic carbocycles. The van der Waals surface area contributed by atoms with Gasteiger partial charge < -0.3 is 15.0 Å². The standard InChI is InChI=1S/C12H21N3O4S/c1-5-15(9(2)8-14(3)4)20(18,19)10-6-11(12(16)17)13-7-10/h6-7,9,13H,5,8H2,1-4H3,(H,16,17). The highest BCUT2D eigenvalue weighted by Gasteiger charge is 2.29. The minimum absolute atomic E-state index is 0.0256. The molecule has 7 nitrogen and oxygen atoms in total. The lowest BCUT2D eigenvalue weighted by Gasteiger charge is -2.28. The van der Waals surface area contributed by atoms with E-state index < -0.39 is 16.0 Å². The number of hydrogen-bond donors (Lipinski definition) is 2. The Kier molecular flexibility index (Phi) is 5.32. The molecule has 0 bridgehead atoms. The molecule has 0 aliphatic rings. The maximum atomic E-state index is 12.5. The predicted octanol–water partition coefficient (Wildman–Crippen LogP) is 0.674. The van der Waals surface area contributed by atoms with Crippen LogP contribution < -0.4 is 0 Å². The fourth-order valence-corrected chi connectivity index (χ4v) is 3.75. The molecular weight excluding hydrogens is 282 g/mol. The van der Waals surface area contributed by atoms with E-state index in [9.17, 15) is 13.2 Å². The third kappa shape index (κ3) is 3.59. The van der Waals surface area contributed by atoms with Crippen molar-refractivity contribution in [2.45, 2.75) is 24.8 Å².